The van der Waals surface area contributed by atoms with Crippen LogP contribution in [0.25, 0.3) is 6.08 Å². The van der Waals surface area contributed by atoms with Gasteiger partial charge < -0.3 is 5.11 Å². The molecule has 130 valence electrons. The molecule has 1 atom stereocenters. The Morgan fingerprint density at radius 2 is 1.88 bits per heavy atom. The summed E-state index contributed by atoms with van der Waals surface area (Å²) in [5, 5.41) is 9.40. The maximum absolute atomic E-state index is 12.8. The summed E-state index contributed by atoms with van der Waals surface area (Å²) < 4.78 is 33.5. The summed E-state index contributed by atoms with van der Waals surface area (Å²) >= 11 is 0. The zero-order chi connectivity index (χ0) is 18.0. The first kappa shape index (κ1) is 17.3. The minimum atomic E-state index is -4.45. The van der Waals surface area contributed by atoms with E-state index in [4.69, 9.17) is 0 Å². The number of Topliss-reactive ketones (excluding diaryl/α,β-unsaturated/α-hetero) is 1. The minimum Gasteiger partial charge on any atom is -0.508 e. The van der Waals surface area contributed by atoms with Gasteiger partial charge in [-0.15, -0.1) is 0 Å². The SMILES string of the molecule is O=C1C(=Cc2ccccn2)CN(S(=O)(=O)O)CC1c1ccc(O)cc1. The molecule has 1 aliphatic rings. The fourth-order valence-electron chi connectivity index (χ4n) is 2.74. The van der Waals surface area contributed by atoms with E-state index in [1.165, 1.54) is 18.2 Å². The third kappa shape index (κ3) is 3.93. The van der Waals surface area contributed by atoms with E-state index in [1.807, 2.05) is 0 Å². The molecule has 1 aromatic carbocycles. The van der Waals surface area contributed by atoms with Crippen molar-refractivity contribution in [3.63, 3.8) is 0 Å². The van der Waals surface area contributed by atoms with Crippen LogP contribution in [-0.4, -0.2) is 46.2 Å². The van der Waals surface area contributed by atoms with Crippen LogP contribution < -0.4 is 0 Å². The number of phenols is 1. The summed E-state index contributed by atoms with van der Waals surface area (Å²) in [7, 11) is -4.45. The number of pyridine rings is 1. The number of aromatic nitrogens is 1. The second kappa shape index (κ2) is 6.75. The average Bonchev–Trinajstić information content (AvgIpc) is 2.57. The molecule has 0 aliphatic carbocycles. The molecule has 2 aromatic rings. The van der Waals surface area contributed by atoms with Crippen LogP contribution in [0.2, 0.25) is 0 Å². The van der Waals surface area contributed by atoms with Crippen molar-refractivity contribution in [1.29, 1.82) is 0 Å². The largest absolute Gasteiger partial charge is 0.508 e. The monoisotopic (exact) mass is 360 g/mol. The number of nitrogens with zero attached hydrogens (tertiary/aromatic N) is 2. The Kier molecular flexibility index (Phi) is 4.67. The molecule has 0 radical (unpaired) electrons. The molecular formula is C17H16N2O5S. The van der Waals surface area contributed by atoms with Crippen molar-refractivity contribution in [2.45, 2.75) is 5.92 Å². The van der Waals surface area contributed by atoms with E-state index in [0.29, 0.717) is 11.3 Å². The summed E-state index contributed by atoms with van der Waals surface area (Å²) in [6.45, 7) is -0.384. The normalized spacial score (nSPS) is 20.8. The van der Waals surface area contributed by atoms with Crippen LogP contribution in [0.1, 0.15) is 17.2 Å². The van der Waals surface area contributed by atoms with Gasteiger partial charge in [-0.1, -0.05) is 18.2 Å². The molecule has 8 heteroatoms. The Hall–Kier alpha value is -2.55. The smallest absolute Gasteiger partial charge is 0.336 e. The van der Waals surface area contributed by atoms with Gasteiger partial charge in [-0.05, 0) is 35.9 Å². The zero-order valence-electron chi connectivity index (χ0n) is 13.1. The third-order valence-corrected chi connectivity index (χ3v) is 4.93. The summed E-state index contributed by atoms with van der Waals surface area (Å²) in [5.74, 6) is -0.967. The van der Waals surface area contributed by atoms with Crippen molar-refractivity contribution in [2.24, 2.45) is 0 Å². The van der Waals surface area contributed by atoms with Crippen LogP contribution in [0.15, 0.2) is 54.2 Å². The molecule has 0 spiro atoms. The lowest BCUT2D eigenvalue weighted by Gasteiger charge is -2.31. The Morgan fingerprint density at radius 1 is 1.16 bits per heavy atom. The van der Waals surface area contributed by atoms with Crippen LogP contribution in [0.4, 0.5) is 0 Å². The van der Waals surface area contributed by atoms with Crippen LogP contribution in [-0.2, 0) is 15.1 Å². The Labute approximate surface area is 145 Å². The highest BCUT2D eigenvalue weighted by atomic mass is 32.2. The Balaban J connectivity index is 2.02. The predicted octanol–water partition coefficient (Wildman–Crippen LogP) is 1.64. The fraction of sp³-hybridized carbons (Fsp3) is 0.176. The highest BCUT2D eigenvalue weighted by Gasteiger charge is 2.36. The molecule has 0 saturated carbocycles. The number of ketones is 1. The lowest BCUT2D eigenvalue weighted by Crippen LogP contribution is -2.44. The summed E-state index contributed by atoms with van der Waals surface area (Å²) in [5.41, 5.74) is 1.32. The second-order valence-corrected chi connectivity index (χ2v) is 7.11. The van der Waals surface area contributed by atoms with Gasteiger partial charge in [-0.2, -0.15) is 12.7 Å². The maximum atomic E-state index is 12.8. The highest BCUT2D eigenvalue weighted by molar-refractivity contribution is 7.83. The molecule has 1 saturated heterocycles. The number of hydrogen-bond donors (Lipinski definition) is 2. The fourth-order valence-corrected chi connectivity index (χ4v) is 3.38. The van der Waals surface area contributed by atoms with E-state index in [9.17, 15) is 22.9 Å². The van der Waals surface area contributed by atoms with Crippen LogP contribution >= 0.6 is 0 Å². The van der Waals surface area contributed by atoms with Gasteiger partial charge in [0.15, 0.2) is 5.78 Å². The molecule has 2 N–H and O–H groups in total. The van der Waals surface area contributed by atoms with E-state index in [1.54, 1.807) is 36.5 Å². The van der Waals surface area contributed by atoms with Gasteiger partial charge in [-0.3, -0.25) is 14.3 Å². The molecule has 1 unspecified atom stereocenters. The summed E-state index contributed by atoms with van der Waals surface area (Å²) in [6.07, 6.45) is 3.09. The van der Waals surface area contributed by atoms with E-state index in [0.717, 1.165) is 4.31 Å². The van der Waals surface area contributed by atoms with E-state index >= 15 is 0 Å². The number of aromatic hydroxyl groups is 1. The molecule has 1 aromatic heterocycles. The minimum absolute atomic E-state index is 0.0443. The number of phenolic OH excluding ortho intramolecular Hbond substituents is 1. The van der Waals surface area contributed by atoms with E-state index in [-0.39, 0.29) is 30.2 Å². The lowest BCUT2D eigenvalue weighted by molar-refractivity contribution is -0.118. The molecule has 25 heavy (non-hydrogen) atoms. The van der Waals surface area contributed by atoms with Crippen molar-refractivity contribution in [2.75, 3.05) is 13.1 Å². The number of carbonyl (C=O) groups is 1. The van der Waals surface area contributed by atoms with Crippen molar-refractivity contribution in [3.05, 3.63) is 65.5 Å². The second-order valence-electron chi connectivity index (χ2n) is 5.70. The van der Waals surface area contributed by atoms with Gasteiger partial charge >= 0.3 is 10.3 Å². The molecule has 1 fully saturated rings. The number of benzene rings is 1. The first-order valence-electron chi connectivity index (χ1n) is 7.52. The Bertz CT molecular complexity index is 908. The van der Waals surface area contributed by atoms with Crippen LogP contribution in [0.5, 0.6) is 5.75 Å². The van der Waals surface area contributed by atoms with Gasteiger partial charge in [-0.25, -0.2) is 0 Å². The lowest BCUT2D eigenvalue weighted by atomic mass is 9.87. The quantitative estimate of drug-likeness (QED) is 0.636. The topological polar surface area (TPSA) is 108 Å². The Morgan fingerprint density at radius 3 is 2.48 bits per heavy atom. The van der Waals surface area contributed by atoms with E-state index in [2.05, 4.69) is 4.98 Å². The summed E-state index contributed by atoms with van der Waals surface area (Å²) in [4.78, 5) is 16.9. The van der Waals surface area contributed by atoms with Gasteiger partial charge in [0, 0.05) is 24.9 Å². The molecule has 7 nitrogen and oxygen atoms in total. The number of carbonyl (C=O) groups excluding carboxylic acids is 1. The van der Waals surface area contributed by atoms with E-state index < -0.39 is 16.2 Å². The van der Waals surface area contributed by atoms with Gasteiger partial charge in [0.05, 0.1) is 11.6 Å². The standard InChI is InChI=1S/C17H16N2O5S/c20-15-6-4-12(5-7-15)16-11-19(25(22,23)24)10-13(17(16)21)9-14-3-1-2-8-18-14/h1-9,16,20H,10-11H2,(H,22,23,24). The van der Waals surface area contributed by atoms with Gasteiger partial charge in [0.2, 0.25) is 0 Å². The third-order valence-electron chi connectivity index (χ3n) is 4.00. The number of hydrogen-bond acceptors (Lipinski definition) is 5. The number of rotatable bonds is 3. The first-order chi connectivity index (χ1) is 11.8. The molecular weight excluding hydrogens is 344 g/mol. The van der Waals surface area contributed by atoms with Crippen molar-refractivity contribution in [3.8, 4) is 5.75 Å². The highest BCUT2D eigenvalue weighted by Crippen LogP contribution is 2.30. The zero-order valence-corrected chi connectivity index (χ0v) is 13.9. The van der Waals surface area contributed by atoms with Gasteiger partial charge in [0.25, 0.3) is 0 Å². The van der Waals surface area contributed by atoms with Gasteiger partial charge in [0.1, 0.15) is 5.75 Å². The van der Waals surface area contributed by atoms with Crippen LogP contribution in [0.3, 0.4) is 0 Å². The first-order valence-corrected chi connectivity index (χ1v) is 8.91. The number of piperidine rings is 1. The summed E-state index contributed by atoms with van der Waals surface area (Å²) in [6, 6.07) is 11.2. The molecule has 1 aliphatic heterocycles. The molecule has 0 amide bonds. The van der Waals surface area contributed by atoms with Crippen molar-refractivity contribution in [1.82, 2.24) is 9.29 Å². The molecule has 2 heterocycles. The van der Waals surface area contributed by atoms with Crippen LogP contribution in [0, 0.1) is 0 Å². The van der Waals surface area contributed by atoms with Crippen molar-refractivity contribution < 1.29 is 22.9 Å². The predicted molar refractivity (Wildman–Crippen MR) is 91.2 cm³/mol. The molecule has 3 rings (SSSR count). The van der Waals surface area contributed by atoms with Crippen molar-refractivity contribution >= 4 is 22.2 Å². The maximum Gasteiger partial charge on any atom is 0.336 e. The molecule has 0 bridgehead atoms. The average molecular weight is 360 g/mol.